The quantitative estimate of drug-likeness (QED) is 0.298. The number of methoxy groups -OCH3 is 3. The van der Waals surface area contributed by atoms with Crippen LogP contribution in [0.1, 0.15) is 17.5 Å². The SMILES string of the molecule is COc1ccc(-c2csc(C(C#N)=Cc3cc(OC)c(OC(C)=O)c(OC)c3)n2)cc1. The van der Waals surface area contributed by atoms with Gasteiger partial charge >= 0.3 is 5.97 Å². The molecule has 0 unspecified atom stereocenters. The van der Waals surface area contributed by atoms with Crippen LogP contribution in [-0.2, 0) is 4.79 Å². The number of ether oxygens (including phenoxy) is 4. The molecule has 0 aliphatic rings. The fraction of sp³-hybridized carbons (Fsp3) is 0.174. The summed E-state index contributed by atoms with van der Waals surface area (Å²) in [5.74, 6) is 1.08. The first-order valence-electron chi connectivity index (χ1n) is 9.15. The molecule has 3 aromatic rings. The summed E-state index contributed by atoms with van der Waals surface area (Å²) in [7, 11) is 4.54. The standard InChI is InChI=1S/C23H20N2O5S/c1-14(26)30-22-20(28-3)10-15(11-21(22)29-4)9-17(12-24)23-25-19(13-31-23)16-5-7-18(27-2)8-6-16/h5-11,13H,1-4H3. The number of carbonyl (C=O) groups is 1. The Morgan fingerprint density at radius 1 is 1.06 bits per heavy atom. The number of carbonyl (C=O) groups excluding carboxylic acids is 1. The van der Waals surface area contributed by atoms with Gasteiger partial charge in [-0.2, -0.15) is 5.26 Å². The zero-order valence-electron chi connectivity index (χ0n) is 17.5. The highest BCUT2D eigenvalue weighted by atomic mass is 32.1. The van der Waals surface area contributed by atoms with Gasteiger partial charge in [-0.3, -0.25) is 4.79 Å². The van der Waals surface area contributed by atoms with Crippen LogP contribution in [0.25, 0.3) is 22.9 Å². The number of hydrogen-bond donors (Lipinski definition) is 0. The molecular weight excluding hydrogens is 416 g/mol. The number of thiazole rings is 1. The molecule has 0 aliphatic carbocycles. The predicted octanol–water partition coefficient (Wildman–Crippen LogP) is 4.83. The Bertz CT molecular complexity index is 1130. The van der Waals surface area contributed by atoms with E-state index in [4.69, 9.17) is 18.9 Å². The average molecular weight is 436 g/mol. The van der Waals surface area contributed by atoms with Gasteiger partial charge in [0.2, 0.25) is 5.75 Å². The zero-order chi connectivity index (χ0) is 22.4. The molecule has 0 N–H and O–H groups in total. The van der Waals surface area contributed by atoms with Gasteiger partial charge in [0.05, 0.1) is 32.6 Å². The van der Waals surface area contributed by atoms with Crippen LogP contribution in [0, 0.1) is 11.3 Å². The maximum absolute atomic E-state index is 11.4. The molecule has 0 amide bonds. The lowest BCUT2D eigenvalue weighted by Gasteiger charge is -2.13. The molecule has 0 saturated carbocycles. The molecule has 0 aliphatic heterocycles. The molecule has 158 valence electrons. The highest BCUT2D eigenvalue weighted by molar-refractivity contribution is 7.11. The summed E-state index contributed by atoms with van der Waals surface area (Å²) in [4.78, 5) is 16.0. The number of hydrogen-bond acceptors (Lipinski definition) is 8. The number of aromatic nitrogens is 1. The van der Waals surface area contributed by atoms with Crippen molar-refractivity contribution in [1.82, 2.24) is 4.98 Å². The van der Waals surface area contributed by atoms with Crippen LogP contribution in [0.15, 0.2) is 41.8 Å². The highest BCUT2D eigenvalue weighted by Gasteiger charge is 2.17. The van der Waals surface area contributed by atoms with Gasteiger partial charge in [-0.1, -0.05) is 0 Å². The molecule has 8 heteroatoms. The summed E-state index contributed by atoms with van der Waals surface area (Å²) in [5.41, 5.74) is 2.72. The van der Waals surface area contributed by atoms with Crippen molar-refractivity contribution in [2.45, 2.75) is 6.92 Å². The van der Waals surface area contributed by atoms with E-state index in [1.165, 1.54) is 32.5 Å². The molecule has 0 radical (unpaired) electrons. The Balaban J connectivity index is 1.97. The fourth-order valence-electron chi connectivity index (χ4n) is 2.83. The van der Waals surface area contributed by atoms with Gasteiger partial charge < -0.3 is 18.9 Å². The Morgan fingerprint density at radius 3 is 2.23 bits per heavy atom. The van der Waals surface area contributed by atoms with Gasteiger partial charge in [-0.05, 0) is 48.0 Å². The lowest BCUT2D eigenvalue weighted by atomic mass is 10.1. The largest absolute Gasteiger partial charge is 0.497 e. The van der Waals surface area contributed by atoms with Gasteiger partial charge in [0.25, 0.3) is 0 Å². The smallest absolute Gasteiger partial charge is 0.308 e. The van der Waals surface area contributed by atoms with Crippen molar-refractivity contribution < 1.29 is 23.7 Å². The second kappa shape index (κ2) is 9.78. The van der Waals surface area contributed by atoms with Crippen LogP contribution in [0.5, 0.6) is 23.0 Å². The van der Waals surface area contributed by atoms with Crippen molar-refractivity contribution in [1.29, 1.82) is 5.26 Å². The van der Waals surface area contributed by atoms with E-state index in [2.05, 4.69) is 11.1 Å². The van der Waals surface area contributed by atoms with Gasteiger partial charge in [-0.25, -0.2) is 4.98 Å². The molecular formula is C23H20N2O5S. The van der Waals surface area contributed by atoms with E-state index in [1.807, 2.05) is 29.6 Å². The number of rotatable bonds is 7. The van der Waals surface area contributed by atoms with Crippen LogP contribution in [0.2, 0.25) is 0 Å². The molecule has 3 rings (SSSR count). The third kappa shape index (κ3) is 5.02. The fourth-order valence-corrected chi connectivity index (χ4v) is 3.62. The number of esters is 1. The lowest BCUT2D eigenvalue weighted by molar-refractivity contribution is -0.132. The molecule has 0 atom stereocenters. The molecule has 2 aromatic carbocycles. The average Bonchev–Trinajstić information content (AvgIpc) is 3.27. The Kier molecular flexibility index (Phi) is 6.90. The van der Waals surface area contributed by atoms with E-state index < -0.39 is 5.97 Å². The van der Waals surface area contributed by atoms with Gasteiger partial charge in [0.15, 0.2) is 11.5 Å². The molecule has 7 nitrogen and oxygen atoms in total. The third-order valence-corrected chi connectivity index (χ3v) is 5.16. The van der Waals surface area contributed by atoms with Crippen molar-refractivity contribution in [2.75, 3.05) is 21.3 Å². The second-order valence-electron chi connectivity index (χ2n) is 6.28. The van der Waals surface area contributed by atoms with Crippen LogP contribution in [0.4, 0.5) is 0 Å². The third-order valence-electron chi connectivity index (χ3n) is 4.28. The van der Waals surface area contributed by atoms with Crippen LogP contribution >= 0.6 is 11.3 Å². The van der Waals surface area contributed by atoms with E-state index in [1.54, 1.807) is 25.3 Å². The zero-order valence-corrected chi connectivity index (χ0v) is 18.3. The summed E-state index contributed by atoms with van der Waals surface area (Å²) >= 11 is 1.37. The van der Waals surface area contributed by atoms with Crippen molar-refractivity contribution in [3.8, 4) is 40.3 Å². The van der Waals surface area contributed by atoms with Gasteiger partial charge in [-0.15, -0.1) is 11.3 Å². The molecule has 1 aromatic heterocycles. The van der Waals surface area contributed by atoms with Crippen molar-refractivity contribution >= 4 is 29.0 Å². The van der Waals surface area contributed by atoms with E-state index in [0.29, 0.717) is 27.6 Å². The molecule has 0 spiro atoms. The van der Waals surface area contributed by atoms with Gasteiger partial charge in [0, 0.05) is 17.9 Å². The van der Waals surface area contributed by atoms with E-state index in [0.717, 1.165) is 17.0 Å². The van der Waals surface area contributed by atoms with E-state index >= 15 is 0 Å². The maximum Gasteiger partial charge on any atom is 0.308 e. The Morgan fingerprint density at radius 2 is 1.71 bits per heavy atom. The summed E-state index contributed by atoms with van der Waals surface area (Å²) in [6.45, 7) is 1.29. The molecule has 0 bridgehead atoms. The van der Waals surface area contributed by atoms with Gasteiger partial charge in [0.1, 0.15) is 16.8 Å². The van der Waals surface area contributed by atoms with Crippen LogP contribution in [0.3, 0.4) is 0 Å². The van der Waals surface area contributed by atoms with Crippen molar-refractivity contribution in [3.05, 3.63) is 52.3 Å². The monoisotopic (exact) mass is 436 g/mol. The minimum atomic E-state index is -0.494. The molecule has 0 saturated heterocycles. The van der Waals surface area contributed by atoms with Crippen molar-refractivity contribution in [2.24, 2.45) is 0 Å². The first-order valence-corrected chi connectivity index (χ1v) is 10.0. The Labute approximate surface area is 184 Å². The highest BCUT2D eigenvalue weighted by Crippen LogP contribution is 2.39. The topological polar surface area (TPSA) is 90.7 Å². The second-order valence-corrected chi connectivity index (χ2v) is 7.14. The summed E-state index contributed by atoms with van der Waals surface area (Å²) in [6, 6.07) is 13.1. The van der Waals surface area contributed by atoms with Crippen LogP contribution in [-0.4, -0.2) is 32.3 Å². The first-order chi connectivity index (χ1) is 15.0. The molecule has 31 heavy (non-hydrogen) atoms. The number of nitrogens with zero attached hydrogens (tertiary/aromatic N) is 2. The summed E-state index contributed by atoms with van der Waals surface area (Å²) < 4.78 is 21.1. The van der Waals surface area contributed by atoms with E-state index in [-0.39, 0.29) is 5.75 Å². The maximum atomic E-state index is 11.4. The normalized spacial score (nSPS) is 10.9. The minimum absolute atomic E-state index is 0.184. The number of nitriles is 1. The minimum Gasteiger partial charge on any atom is -0.497 e. The number of benzene rings is 2. The molecule has 1 heterocycles. The molecule has 0 fully saturated rings. The summed E-state index contributed by atoms with van der Waals surface area (Å²) in [5, 5.41) is 12.2. The summed E-state index contributed by atoms with van der Waals surface area (Å²) in [6.07, 6.45) is 1.68. The van der Waals surface area contributed by atoms with Crippen LogP contribution < -0.4 is 18.9 Å². The van der Waals surface area contributed by atoms with Crippen molar-refractivity contribution in [3.63, 3.8) is 0 Å². The first kappa shape index (κ1) is 21.9. The van der Waals surface area contributed by atoms with E-state index in [9.17, 15) is 10.1 Å². The number of allylic oxidation sites excluding steroid dienone is 1. The predicted molar refractivity (Wildman–Crippen MR) is 118 cm³/mol. The Hall–Kier alpha value is -3.83. The lowest BCUT2D eigenvalue weighted by Crippen LogP contribution is -2.05.